The summed E-state index contributed by atoms with van der Waals surface area (Å²) in [6.07, 6.45) is 0. The van der Waals surface area contributed by atoms with Gasteiger partial charge < -0.3 is 4.90 Å². The van der Waals surface area contributed by atoms with E-state index in [1.54, 1.807) is 7.05 Å². The molecule has 0 aromatic carbocycles. The van der Waals surface area contributed by atoms with Crippen LogP contribution >= 0.6 is 0 Å². The second kappa shape index (κ2) is 3.03. The molecule has 0 unspecified atom stereocenters. The average molecular weight is 112 g/mol. The molecule has 0 rings (SSSR count). The van der Waals surface area contributed by atoms with Crippen LogP contribution in [0.1, 0.15) is 6.92 Å². The summed E-state index contributed by atoms with van der Waals surface area (Å²) in [6.45, 7) is 2.40. The predicted octanol–water partition coefficient (Wildman–Crippen LogP) is -0.0117. The van der Waals surface area contributed by atoms with Crippen LogP contribution in [0, 0.1) is 11.3 Å². The van der Waals surface area contributed by atoms with Crippen LogP contribution in [0.15, 0.2) is 0 Å². The summed E-state index contributed by atoms with van der Waals surface area (Å²) < 4.78 is 0. The molecule has 0 saturated heterocycles. The zero-order chi connectivity index (χ0) is 6.57. The molecule has 0 heterocycles. The van der Waals surface area contributed by atoms with E-state index < -0.39 is 5.91 Å². The number of hydrogen-bond donors (Lipinski definition) is 0. The Kier molecular flexibility index (Phi) is 2.63. The van der Waals surface area contributed by atoms with Gasteiger partial charge in [-0.1, -0.05) is 0 Å². The van der Waals surface area contributed by atoms with E-state index in [0.29, 0.717) is 6.54 Å². The van der Waals surface area contributed by atoms with E-state index in [1.807, 2.05) is 6.92 Å². The number of nitriles is 1. The zero-order valence-corrected chi connectivity index (χ0v) is 5.01. The average Bonchev–Trinajstić information content (AvgIpc) is 1.84. The monoisotopic (exact) mass is 112 g/mol. The van der Waals surface area contributed by atoms with Gasteiger partial charge in [-0.3, -0.25) is 4.79 Å². The second-order valence-electron chi connectivity index (χ2n) is 1.43. The molecule has 0 fully saturated rings. The Morgan fingerprint density at radius 2 is 2.38 bits per heavy atom. The fraction of sp³-hybridized carbons (Fsp3) is 0.600. The Morgan fingerprint density at radius 1 is 1.88 bits per heavy atom. The van der Waals surface area contributed by atoms with Gasteiger partial charge in [0.2, 0.25) is 0 Å². The van der Waals surface area contributed by atoms with E-state index in [-0.39, 0.29) is 0 Å². The van der Waals surface area contributed by atoms with E-state index in [9.17, 15) is 4.79 Å². The van der Waals surface area contributed by atoms with Crippen LogP contribution in [-0.2, 0) is 4.79 Å². The van der Waals surface area contributed by atoms with E-state index in [0.717, 1.165) is 0 Å². The highest BCUT2D eigenvalue weighted by Gasteiger charge is 2.00. The van der Waals surface area contributed by atoms with Crippen LogP contribution in [0.3, 0.4) is 0 Å². The fourth-order valence-electron chi connectivity index (χ4n) is 0.229. The van der Waals surface area contributed by atoms with Crippen molar-refractivity contribution in [3.05, 3.63) is 0 Å². The molecule has 0 bridgehead atoms. The summed E-state index contributed by atoms with van der Waals surface area (Å²) in [7, 11) is 1.59. The number of hydrogen-bond acceptors (Lipinski definition) is 2. The van der Waals surface area contributed by atoms with Gasteiger partial charge >= 0.3 is 5.91 Å². The van der Waals surface area contributed by atoms with Crippen LogP contribution in [0.4, 0.5) is 0 Å². The minimum absolute atomic E-state index is 0.479. The molecule has 0 atom stereocenters. The largest absolute Gasteiger partial charge is 0.333 e. The van der Waals surface area contributed by atoms with Crippen LogP contribution < -0.4 is 0 Å². The van der Waals surface area contributed by atoms with E-state index in [4.69, 9.17) is 5.26 Å². The van der Waals surface area contributed by atoms with Gasteiger partial charge in [0.15, 0.2) is 6.07 Å². The minimum atomic E-state index is -0.479. The third kappa shape index (κ3) is 1.61. The van der Waals surface area contributed by atoms with Gasteiger partial charge in [0.05, 0.1) is 0 Å². The van der Waals surface area contributed by atoms with Crippen LogP contribution in [0.25, 0.3) is 0 Å². The lowest BCUT2D eigenvalue weighted by Gasteiger charge is -2.06. The van der Waals surface area contributed by atoms with Crippen LogP contribution in [0.2, 0.25) is 0 Å². The molecule has 0 N–H and O–H groups in total. The molecule has 0 radical (unpaired) electrons. The highest BCUT2D eigenvalue weighted by Crippen LogP contribution is 1.78. The molecule has 0 aromatic heterocycles. The maximum absolute atomic E-state index is 10.3. The maximum Gasteiger partial charge on any atom is 0.324 e. The van der Waals surface area contributed by atoms with Crippen molar-refractivity contribution < 1.29 is 4.79 Å². The molecular weight excluding hydrogens is 104 g/mol. The SMILES string of the molecule is CCN(C)C(=O)C#N. The van der Waals surface area contributed by atoms with Crippen molar-refractivity contribution >= 4 is 5.91 Å². The normalized spacial score (nSPS) is 7.62. The van der Waals surface area contributed by atoms with Gasteiger partial charge in [0.1, 0.15) is 0 Å². The first-order valence-electron chi connectivity index (χ1n) is 2.37. The maximum atomic E-state index is 10.3. The quantitative estimate of drug-likeness (QED) is 0.448. The highest BCUT2D eigenvalue weighted by molar-refractivity contribution is 5.90. The molecule has 8 heavy (non-hydrogen) atoms. The first kappa shape index (κ1) is 6.96. The van der Waals surface area contributed by atoms with Crippen LogP contribution in [-0.4, -0.2) is 24.4 Å². The van der Waals surface area contributed by atoms with Gasteiger partial charge in [0.25, 0.3) is 0 Å². The minimum Gasteiger partial charge on any atom is -0.333 e. The molecule has 3 nitrogen and oxygen atoms in total. The summed E-state index contributed by atoms with van der Waals surface area (Å²) in [4.78, 5) is 11.7. The van der Waals surface area contributed by atoms with Gasteiger partial charge in [-0.15, -0.1) is 0 Å². The van der Waals surface area contributed by atoms with E-state index in [1.165, 1.54) is 11.0 Å². The Labute approximate surface area is 48.5 Å². The Morgan fingerprint density at radius 3 is 2.50 bits per heavy atom. The first-order chi connectivity index (χ1) is 3.72. The summed E-state index contributed by atoms with van der Waals surface area (Å²) in [5.41, 5.74) is 0. The Bertz CT molecular complexity index is 125. The summed E-state index contributed by atoms with van der Waals surface area (Å²) >= 11 is 0. The standard InChI is InChI=1S/C5H8N2O/c1-3-7(2)5(8)4-6/h3H2,1-2H3. The van der Waals surface area contributed by atoms with Gasteiger partial charge in [0, 0.05) is 13.6 Å². The molecule has 0 spiro atoms. The number of nitrogens with zero attached hydrogens (tertiary/aromatic N) is 2. The van der Waals surface area contributed by atoms with Crippen molar-refractivity contribution in [2.45, 2.75) is 6.92 Å². The molecule has 1 amide bonds. The number of amides is 1. The van der Waals surface area contributed by atoms with Gasteiger partial charge in [-0.05, 0) is 6.92 Å². The Balaban J connectivity index is 3.68. The lowest BCUT2D eigenvalue weighted by atomic mass is 10.5. The van der Waals surface area contributed by atoms with Crippen molar-refractivity contribution in [3.63, 3.8) is 0 Å². The predicted molar refractivity (Wildman–Crippen MR) is 28.9 cm³/mol. The van der Waals surface area contributed by atoms with Crippen molar-refractivity contribution in [2.24, 2.45) is 0 Å². The zero-order valence-electron chi connectivity index (χ0n) is 5.01. The molecule has 0 aliphatic rings. The van der Waals surface area contributed by atoms with Crippen molar-refractivity contribution in [3.8, 4) is 6.07 Å². The first-order valence-corrected chi connectivity index (χ1v) is 2.37. The van der Waals surface area contributed by atoms with Crippen molar-refractivity contribution in [2.75, 3.05) is 13.6 Å². The molecule has 0 aliphatic heterocycles. The molecule has 0 saturated carbocycles. The van der Waals surface area contributed by atoms with E-state index in [2.05, 4.69) is 0 Å². The number of carbonyl (C=O) groups excluding carboxylic acids is 1. The van der Waals surface area contributed by atoms with Crippen molar-refractivity contribution in [1.82, 2.24) is 4.90 Å². The van der Waals surface area contributed by atoms with Gasteiger partial charge in [-0.2, -0.15) is 5.26 Å². The third-order valence-electron chi connectivity index (χ3n) is 0.917. The topological polar surface area (TPSA) is 44.1 Å². The second-order valence-corrected chi connectivity index (χ2v) is 1.43. The highest BCUT2D eigenvalue weighted by atomic mass is 16.2. The summed E-state index contributed by atoms with van der Waals surface area (Å²) in [6, 6.07) is 1.50. The summed E-state index contributed by atoms with van der Waals surface area (Å²) in [5, 5.41) is 8.00. The smallest absolute Gasteiger partial charge is 0.324 e. The Hall–Kier alpha value is -1.04. The summed E-state index contributed by atoms with van der Waals surface area (Å²) in [5.74, 6) is -0.479. The molecule has 0 aromatic rings. The number of rotatable bonds is 1. The fourth-order valence-corrected chi connectivity index (χ4v) is 0.229. The van der Waals surface area contributed by atoms with Crippen LogP contribution in [0.5, 0.6) is 0 Å². The molecule has 3 heteroatoms. The molecule has 44 valence electrons. The third-order valence-corrected chi connectivity index (χ3v) is 0.917. The van der Waals surface area contributed by atoms with E-state index >= 15 is 0 Å². The van der Waals surface area contributed by atoms with Crippen molar-refractivity contribution in [1.29, 1.82) is 5.26 Å². The lowest BCUT2D eigenvalue weighted by Crippen LogP contribution is -2.24. The number of carbonyl (C=O) groups is 1. The lowest BCUT2D eigenvalue weighted by molar-refractivity contribution is -0.123. The molecule has 0 aliphatic carbocycles. The molecular formula is C5H8N2O. The van der Waals surface area contributed by atoms with Gasteiger partial charge in [-0.25, -0.2) is 0 Å².